The monoisotopic (exact) mass is 192 g/mol. The van der Waals surface area contributed by atoms with Crippen LogP contribution in [-0.4, -0.2) is 14.2 Å². The van der Waals surface area contributed by atoms with Gasteiger partial charge in [-0.25, -0.2) is 0 Å². The number of rotatable bonds is 4. The van der Waals surface area contributed by atoms with Crippen LogP contribution in [0, 0.1) is 0 Å². The van der Waals surface area contributed by atoms with Gasteiger partial charge in [-0.05, 0) is 31.0 Å². The van der Waals surface area contributed by atoms with Crippen molar-refractivity contribution < 1.29 is 9.47 Å². The molecule has 0 aliphatic carbocycles. The first kappa shape index (κ1) is 10.6. The van der Waals surface area contributed by atoms with Gasteiger partial charge in [-0.1, -0.05) is 12.2 Å². The maximum absolute atomic E-state index is 5.17. The van der Waals surface area contributed by atoms with E-state index in [-0.39, 0.29) is 0 Å². The Hall–Kier alpha value is -1.44. The van der Waals surface area contributed by atoms with Crippen molar-refractivity contribution >= 4 is 0 Å². The van der Waals surface area contributed by atoms with Gasteiger partial charge in [0.25, 0.3) is 0 Å². The van der Waals surface area contributed by atoms with Crippen LogP contribution >= 0.6 is 0 Å². The summed E-state index contributed by atoms with van der Waals surface area (Å²) in [7, 11) is 3.30. The molecule has 0 radical (unpaired) electrons. The fourth-order valence-electron chi connectivity index (χ4n) is 1.32. The summed E-state index contributed by atoms with van der Waals surface area (Å²) >= 11 is 0. The average Bonchev–Trinajstić information content (AvgIpc) is 2.16. The lowest BCUT2D eigenvalue weighted by Gasteiger charge is -2.08. The molecule has 0 bridgehead atoms. The molecule has 0 aliphatic heterocycles. The summed E-state index contributed by atoms with van der Waals surface area (Å²) in [5, 5.41) is 0. The van der Waals surface area contributed by atoms with Gasteiger partial charge in [-0.15, -0.1) is 0 Å². The summed E-state index contributed by atoms with van der Waals surface area (Å²) in [6.07, 6.45) is 0.855. The topological polar surface area (TPSA) is 18.5 Å². The third kappa shape index (κ3) is 2.80. The Morgan fingerprint density at radius 1 is 1.14 bits per heavy atom. The van der Waals surface area contributed by atoms with Crippen molar-refractivity contribution in [1.29, 1.82) is 0 Å². The van der Waals surface area contributed by atoms with E-state index in [9.17, 15) is 0 Å². The zero-order valence-electron chi connectivity index (χ0n) is 8.96. The molecule has 0 aromatic heterocycles. The zero-order chi connectivity index (χ0) is 10.6. The van der Waals surface area contributed by atoms with Crippen LogP contribution in [0.25, 0.3) is 0 Å². The van der Waals surface area contributed by atoms with Gasteiger partial charge in [0.15, 0.2) is 0 Å². The van der Waals surface area contributed by atoms with Gasteiger partial charge >= 0.3 is 0 Å². The van der Waals surface area contributed by atoms with E-state index in [1.807, 2.05) is 25.1 Å². The lowest BCUT2D eigenvalue weighted by atomic mass is 10.1. The quantitative estimate of drug-likeness (QED) is 0.683. The lowest BCUT2D eigenvalue weighted by molar-refractivity contribution is 0.393. The number of hydrogen-bond donors (Lipinski definition) is 0. The predicted octanol–water partition coefficient (Wildman–Crippen LogP) is 2.82. The van der Waals surface area contributed by atoms with Crippen molar-refractivity contribution in [2.75, 3.05) is 14.2 Å². The highest BCUT2D eigenvalue weighted by atomic mass is 16.5. The Labute approximate surface area is 85.2 Å². The fourth-order valence-corrected chi connectivity index (χ4v) is 1.32. The molecule has 0 unspecified atom stereocenters. The van der Waals surface area contributed by atoms with Gasteiger partial charge in [-0.3, -0.25) is 0 Å². The summed E-state index contributed by atoms with van der Waals surface area (Å²) in [6, 6.07) is 5.86. The largest absolute Gasteiger partial charge is 0.497 e. The minimum Gasteiger partial charge on any atom is -0.497 e. The maximum Gasteiger partial charge on any atom is 0.122 e. The van der Waals surface area contributed by atoms with Gasteiger partial charge in [0.1, 0.15) is 11.5 Å². The highest BCUT2D eigenvalue weighted by molar-refractivity contribution is 5.39. The first-order chi connectivity index (χ1) is 6.65. The minimum atomic E-state index is 0.820. The molecule has 0 saturated heterocycles. The molecule has 76 valence electrons. The van der Waals surface area contributed by atoms with Crippen molar-refractivity contribution in [1.82, 2.24) is 0 Å². The average molecular weight is 192 g/mol. The summed E-state index contributed by atoms with van der Waals surface area (Å²) in [4.78, 5) is 0. The van der Waals surface area contributed by atoms with E-state index < -0.39 is 0 Å². The van der Waals surface area contributed by atoms with E-state index in [2.05, 4.69) is 6.58 Å². The summed E-state index contributed by atoms with van der Waals surface area (Å²) in [5.41, 5.74) is 2.29. The summed E-state index contributed by atoms with van der Waals surface area (Å²) < 4.78 is 10.3. The molecule has 0 spiro atoms. The third-order valence-electron chi connectivity index (χ3n) is 1.92. The number of benzene rings is 1. The van der Waals surface area contributed by atoms with Crippen LogP contribution in [0.3, 0.4) is 0 Å². The standard InChI is InChI=1S/C12H16O2/c1-9(2)5-10-6-11(13-3)8-12(7-10)14-4/h6-8H,1,5H2,2-4H3. The molecule has 1 aromatic carbocycles. The molecule has 0 saturated carbocycles. The highest BCUT2D eigenvalue weighted by Crippen LogP contribution is 2.23. The van der Waals surface area contributed by atoms with E-state index >= 15 is 0 Å². The Bertz CT molecular complexity index is 307. The highest BCUT2D eigenvalue weighted by Gasteiger charge is 2.01. The zero-order valence-corrected chi connectivity index (χ0v) is 8.96. The van der Waals surface area contributed by atoms with Gasteiger partial charge in [0, 0.05) is 6.07 Å². The maximum atomic E-state index is 5.17. The molecule has 2 nitrogen and oxygen atoms in total. The van der Waals surface area contributed by atoms with Crippen LogP contribution in [0.2, 0.25) is 0 Å². The minimum absolute atomic E-state index is 0.820. The molecular weight excluding hydrogens is 176 g/mol. The molecule has 0 N–H and O–H groups in total. The summed E-state index contributed by atoms with van der Waals surface area (Å²) in [6.45, 7) is 5.89. The van der Waals surface area contributed by atoms with E-state index in [0.717, 1.165) is 29.1 Å². The Morgan fingerprint density at radius 3 is 2.00 bits per heavy atom. The summed E-state index contributed by atoms with van der Waals surface area (Å²) in [5.74, 6) is 1.64. The van der Waals surface area contributed by atoms with Crippen molar-refractivity contribution in [3.05, 3.63) is 35.9 Å². The third-order valence-corrected chi connectivity index (χ3v) is 1.92. The Kier molecular flexibility index (Phi) is 3.57. The van der Waals surface area contributed by atoms with Crippen LogP contribution in [0.5, 0.6) is 11.5 Å². The number of ether oxygens (including phenoxy) is 2. The molecule has 0 amide bonds. The molecule has 2 heteroatoms. The van der Waals surface area contributed by atoms with Gasteiger partial charge in [-0.2, -0.15) is 0 Å². The van der Waals surface area contributed by atoms with Crippen molar-refractivity contribution in [2.24, 2.45) is 0 Å². The van der Waals surface area contributed by atoms with Gasteiger partial charge in [0.2, 0.25) is 0 Å². The SMILES string of the molecule is C=C(C)Cc1cc(OC)cc(OC)c1. The van der Waals surface area contributed by atoms with E-state index in [0.29, 0.717) is 0 Å². The molecule has 1 aromatic rings. The van der Waals surface area contributed by atoms with Crippen molar-refractivity contribution in [3.63, 3.8) is 0 Å². The Morgan fingerprint density at radius 2 is 1.64 bits per heavy atom. The number of allylic oxidation sites excluding steroid dienone is 1. The van der Waals surface area contributed by atoms with Crippen LogP contribution in [-0.2, 0) is 6.42 Å². The van der Waals surface area contributed by atoms with E-state index in [1.165, 1.54) is 0 Å². The van der Waals surface area contributed by atoms with Crippen LogP contribution in [0.15, 0.2) is 30.4 Å². The molecule has 14 heavy (non-hydrogen) atoms. The smallest absolute Gasteiger partial charge is 0.122 e. The molecule has 0 aliphatic rings. The number of hydrogen-bond acceptors (Lipinski definition) is 2. The van der Waals surface area contributed by atoms with Crippen LogP contribution < -0.4 is 9.47 Å². The molecule has 0 heterocycles. The van der Waals surface area contributed by atoms with Crippen molar-refractivity contribution in [2.45, 2.75) is 13.3 Å². The number of methoxy groups -OCH3 is 2. The second kappa shape index (κ2) is 4.70. The first-order valence-electron chi connectivity index (χ1n) is 4.52. The normalized spacial score (nSPS) is 9.64. The lowest BCUT2D eigenvalue weighted by Crippen LogP contribution is -1.91. The molecule has 1 rings (SSSR count). The molecule has 0 atom stereocenters. The van der Waals surface area contributed by atoms with Gasteiger partial charge in [0.05, 0.1) is 14.2 Å². The van der Waals surface area contributed by atoms with Crippen LogP contribution in [0.4, 0.5) is 0 Å². The Balaban J connectivity index is 2.98. The first-order valence-corrected chi connectivity index (χ1v) is 4.52. The van der Waals surface area contributed by atoms with Crippen LogP contribution in [0.1, 0.15) is 12.5 Å². The molecular formula is C12H16O2. The molecule has 0 fully saturated rings. The second-order valence-corrected chi connectivity index (χ2v) is 3.35. The second-order valence-electron chi connectivity index (χ2n) is 3.35. The predicted molar refractivity (Wildman–Crippen MR) is 58.1 cm³/mol. The fraction of sp³-hybridized carbons (Fsp3) is 0.333. The van der Waals surface area contributed by atoms with Crippen molar-refractivity contribution in [3.8, 4) is 11.5 Å². The van der Waals surface area contributed by atoms with Gasteiger partial charge < -0.3 is 9.47 Å². The van der Waals surface area contributed by atoms with E-state index in [1.54, 1.807) is 14.2 Å². The van der Waals surface area contributed by atoms with E-state index in [4.69, 9.17) is 9.47 Å².